The standard InChI is InChI=1S/C15H27NOSi/c1-13(10-11-17-2)16-12-14-6-8-15(9-7-14)18(3,4)5/h6-9,13,16H,10-12H2,1-5H3. The monoisotopic (exact) mass is 265 g/mol. The summed E-state index contributed by atoms with van der Waals surface area (Å²) >= 11 is 0. The lowest BCUT2D eigenvalue weighted by Gasteiger charge is -2.17. The van der Waals surface area contributed by atoms with Crippen LogP contribution in [0.2, 0.25) is 19.6 Å². The van der Waals surface area contributed by atoms with Gasteiger partial charge in [-0.15, -0.1) is 0 Å². The Morgan fingerprint density at radius 1 is 1.17 bits per heavy atom. The molecular weight excluding hydrogens is 238 g/mol. The highest BCUT2D eigenvalue weighted by molar-refractivity contribution is 6.88. The Morgan fingerprint density at radius 2 is 1.78 bits per heavy atom. The van der Waals surface area contributed by atoms with Crippen molar-refractivity contribution in [2.45, 2.75) is 45.6 Å². The summed E-state index contributed by atoms with van der Waals surface area (Å²) in [4.78, 5) is 0. The maximum Gasteiger partial charge on any atom is 0.0775 e. The molecule has 102 valence electrons. The number of hydrogen-bond donors (Lipinski definition) is 1. The molecule has 1 rings (SSSR count). The van der Waals surface area contributed by atoms with Crippen molar-refractivity contribution in [2.24, 2.45) is 0 Å². The molecule has 1 unspecified atom stereocenters. The van der Waals surface area contributed by atoms with Crippen LogP contribution in [0.4, 0.5) is 0 Å². The predicted octanol–water partition coefficient (Wildman–Crippen LogP) is 2.75. The lowest BCUT2D eigenvalue weighted by Crippen LogP contribution is -2.37. The minimum absolute atomic E-state index is 0.501. The van der Waals surface area contributed by atoms with Crippen LogP contribution in [0.3, 0.4) is 0 Å². The SMILES string of the molecule is COCCC(C)NCc1ccc([Si](C)(C)C)cc1. The molecule has 0 saturated heterocycles. The van der Waals surface area contributed by atoms with E-state index in [0.29, 0.717) is 6.04 Å². The van der Waals surface area contributed by atoms with Crippen LogP contribution in [0.1, 0.15) is 18.9 Å². The highest BCUT2D eigenvalue weighted by Crippen LogP contribution is 2.05. The Labute approximate surface area is 113 Å². The molecule has 1 aromatic rings. The fourth-order valence-electron chi connectivity index (χ4n) is 1.81. The van der Waals surface area contributed by atoms with E-state index in [2.05, 4.69) is 56.1 Å². The number of rotatable bonds is 7. The van der Waals surface area contributed by atoms with Crippen LogP contribution in [0.5, 0.6) is 0 Å². The average molecular weight is 265 g/mol. The summed E-state index contributed by atoms with van der Waals surface area (Å²) in [5.41, 5.74) is 1.36. The first-order valence-corrected chi connectivity index (χ1v) is 10.2. The maximum atomic E-state index is 5.08. The van der Waals surface area contributed by atoms with Crippen LogP contribution in [0.25, 0.3) is 0 Å². The number of hydrogen-bond acceptors (Lipinski definition) is 2. The predicted molar refractivity (Wildman–Crippen MR) is 82.2 cm³/mol. The molecule has 0 bridgehead atoms. The van der Waals surface area contributed by atoms with Crippen LogP contribution in [-0.4, -0.2) is 27.8 Å². The average Bonchev–Trinajstić information content (AvgIpc) is 2.33. The molecular formula is C15H27NOSi. The third kappa shape index (κ3) is 5.34. The molecule has 0 heterocycles. The fourth-order valence-corrected chi connectivity index (χ4v) is 2.98. The van der Waals surface area contributed by atoms with Gasteiger partial charge in [0.05, 0.1) is 8.07 Å². The first-order valence-electron chi connectivity index (χ1n) is 6.75. The Bertz CT molecular complexity index is 343. The minimum atomic E-state index is -1.16. The first kappa shape index (κ1) is 15.4. The van der Waals surface area contributed by atoms with Gasteiger partial charge in [0.25, 0.3) is 0 Å². The highest BCUT2D eigenvalue weighted by Gasteiger charge is 2.15. The number of benzene rings is 1. The van der Waals surface area contributed by atoms with Crippen LogP contribution in [0, 0.1) is 0 Å². The van der Waals surface area contributed by atoms with E-state index in [9.17, 15) is 0 Å². The fraction of sp³-hybridized carbons (Fsp3) is 0.600. The van der Waals surface area contributed by atoms with E-state index >= 15 is 0 Å². The molecule has 0 aliphatic rings. The van der Waals surface area contributed by atoms with Crippen molar-refractivity contribution < 1.29 is 4.74 Å². The van der Waals surface area contributed by atoms with Crippen molar-refractivity contribution >= 4 is 13.3 Å². The van der Waals surface area contributed by atoms with E-state index in [1.165, 1.54) is 10.8 Å². The second-order valence-electron chi connectivity index (χ2n) is 6.01. The van der Waals surface area contributed by atoms with E-state index in [1.807, 2.05) is 0 Å². The largest absolute Gasteiger partial charge is 0.385 e. The molecule has 0 amide bonds. The molecule has 1 atom stereocenters. The van der Waals surface area contributed by atoms with Crippen LogP contribution >= 0.6 is 0 Å². The zero-order valence-electron chi connectivity index (χ0n) is 12.4. The lowest BCUT2D eigenvalue weighted by molar-refractivity contribution is 0.184. The molecule has 18 heavy (non-hydrogen) atoms. The van der Waals surface area contributed by atoms with Gasteiger partial charge in [0.2, 0.25) is 0 Å². The molecule has 1 aromatic carbocycles. The third-order valence-corrected chi connectivity index (χ3v) is 5.29. The van der Waals surface area contributed by atoms with Crippen molar-refractivity contribution in [1.29, 1.82) is 0 Å². The van der Waals surface area contributed by atoms with Crippen LogP contribution in [-0.2, 0) is 11.3 Å². The Balaban J connectivity index is 2.44. The Morgan fingerprint density at radius 3 is 2.28 bits per heavy atom. The molecule has 0 radical (unpaired) electrons. The minimum Gasteiger partial charge on any atom is -0.385 e. The number of ether oxygens (including phenoxy) is 1. The molecule has 2 nitrogen and oxygen atoms in total. The van der Waals surface area contributed by atoms with Crippen molar-refractivity contribution in [1.82, 2.24) is 5.32 Å². The first-order chi connectivity index (χ1) is 8.43. The van der Waals surface area contributed by atoms with E-state index < -0.39 is 8.07 Å². The van der Waals surface area contributed by atoms with Gasteiger partial charge in [-0.25, -0.2) is 0 Å². The van der Waals surface area contributed by atoms with Gasteiger partial charge in [0.1, 0.15) is 0 Å². The lowest BCUT2D eigenvalue weighted by atomic mass is 10.2. The Hall–Kier alpha value is -0.643. The van der Waals surface area contributed by atoms with Gasteiger partial charge in [-0.1, -0.05) is 49.1 Å². The highest BCUT2D eigenvalue weighted by atomic mass is 28.3. The van der Waals surface area contributed by atoms with Gasteiger partial charge in [-0.2, -0.15) is 0 Å². The summed E-state index contributed by atoms with van der Waals surface area (Å²) in [6, 6.07) is 9.60. The third-order valence-electron chi connectivity index (χ3n) is 3.23. The molecule has 0 fully saturated rings. The van der Waals surface area contributed by atoms with Crippen molar-refractivity contribution in [2.75, 3.05) is 13.7 Å². The summed E-state index contributed by atoms with van der Waals surface area (Å²) < 4.78 is 5.08. The van der Waals surface area contributed by atoms with E-state index in [0.717, 1.165) is 19.6 Å². The van der Waals surface area contributed by atoms with Crippen molar-refractivity contribution in [3.8, 4) is 0 Å². The summed E-state index contributed by atoms with van der Waals surface area (Å²) in [6.07, 6.45) is 1.06. The molecule has 0 aliphatic carbocycles. The van der Waals surface area contributed by atoms with E-state index in [-0.39, 0.29) is 0 Å². The van der Waals surface area contributed by atoms with Gasteiger partial charge in [0.15, 0.2) is 0 Å². The van der Waals surface area contributed by atoms with Crippen molar-refractivity contribution in [3.63, 3.8) is 0 Å². The van der Waals surface area contributed by atoms with Gasteiger partial charge >= 0.3 is 0 Å². The van der Waals surface area contributed by atoms with Gasteiger partial charge < -0.3 is 10.1 Å². The molecule has 0 saturated carbocycles. The summed E-state index contributed by atoms with van der Waals surface area (Å²) in [6.45, 7) is 11.1. The van der Waals surface area contributed by atoms with Gasteiger partial charge in [-0.3, -0.25) is 0 Å². The van der Waals surface area contributed by atoms with E-state index in [1.54, 1.807) is 7.11 Å². The molecule has 0 spiro atoms. The van der Waals surface area contributed by atoms with Gasteiger partial charge in [-0.05, 0) is 18.9 Å². The second-order valence-corrected chi connectivity index (χ2v) is 11.1. The second kappa shape index (κ2) is 7.07. The summed E-state index contributed by atoms with van der Waals surface area (Å²) in [5, 5.41) is 5.05. The normalized spacial score (nSPS) is 13.6. The zero-order valence-corrected chi connectivity index (χ0v) is 13.4. The maximum absolute atomic E-state index is 5.08. The van der Waals surface area contributed by atoms with E-state index in [4.69, 9.17) is 4.74 Å². The molecule has 3 heteroatoms. The Kier molecular flexibility index (Phi) is 6.06. The molecule has 0 aromatic heterocycles. The van der Waals surface area contributed by atoms with Crippen LogP contribution < -0.4 is 10.5 Å². The molecule has 1 N–H and O–H groups in total. The zero-order chi connectivity index (χ0) is 13.6. The summed E-state index contributed by atoms with van der Waals surface area (Å²) in [5.74, 6) is 0. The number of nitrogens with one attached hydrogen (secondary N) is 1. The number of methoxy groups -OCH3 is 1. The topological polar surface area (TPSA) is 21.3 Å². The van der Waals surface area contributed by atoms with Gasteiger partial charge in [0, 0.05) is 26.3 Å². The van der Waals surface area contributed by atoms with Crippen molar-refractivity contribution in [3.05, 3.63) is 29.8 Å². The summed E-state index contributed by atoms with van der Waals surface area (Å²) in [7, 11) is 0.596. The van der Waals surface area contributed by atoms with Crippen LogP contribution in [0.15, 0.2) is 24.3 Å². The molecule has 0 aliphatic heterocycles. The quantitative estimate of drug-likeness (QED) is 0.766. The smallest absolute Gasteiger partial charge is 0.0775 e.